The Bertz CT molecular complexity index is 292. The van der Waals surface area contributed by atoms with Gasteiger partial charge in [-0.15, -0.1) is 11.8 Å². The third-order valence-electron chi connectivity index (χ3n) is 2.13. The van der Waals surface area contributed by atoms with E-state index in [9.17, 15) is 0 Å². The number of nitrogens with two attached hydrogens (primary N) is 1. The van der Waals surface area contributed by atoms with Crippen LogP contribution in [0.4, 0.5) is 0 Å². The maximum absolute atomic E-state index is 6.01. The first-order chi connectivity index (χ1) is 6.91. The number of rotatable bonds is 3. The highest BCUT2D eigenvalue weighted by atomic mass is 32.2. The Kier molecular flexibility index (Phi) is 4.11. The van der Waals surface area contributed by atoms with E-state index in [-0.39, 0.29) is 11.5 Å². The lowest BCUT2D eigenvalue weighted by Gasteiger charge is -2.32. The summed E-state index contributed by atoms with van der Waals surface area (Å²) in [6.07, 6.45) is 3.33. The van der Waals surface area contributed by atoms with Gasteiger partial charge in [-0.05, 0) is 18.4 Å². The number of thioether (sulfide) groups is 1. The van der Waals surface area contributed by atoms with Crippen LogP contribution in [0.15, 0.2) is 23.6 Å². The van der Waals surface area contributed by atoms with Crippen LogP contribution in [0.2, 0.25) is 0 Å². The molecule has 0 aliphatic carbocycles. The Hall–Kier alpha value is -0.610. The second-order valence-corrected chi connectivity index (χ2v) is 5.97. The molecular formula is C11H19N3S. The van der Waals surface area contributed by atoms with Crippen molar-refractivity contribution in [3.8, 4) is 0 Å². The topological polar surface area (TPSA) is 51.8 Å². The Morgan fingerprint density at radius 3 is 2.47 bits per heavy atom. The highest BCUT2D eigenvalue weighted by molar-refractivity contribution is 8.00. The highest BCUT2D eigenvalue weighted by Gasteiger charge is 2.29. The van der Waals surface area contributed by atoms with Gasteiger partial charge in [0.1, 0.15) is 6.33 Å². The van der Waals surface area contributed by atoms with Crippen LogP contribution in [0.1, 0.15) is 27.7 Å². The third-order valence-corrected chi connectivity index (χ3v) is 4.01. The Labute approximate surface area is 95.9 Å². The van der Waals surface area contributed by atoms with E-state index in [1.807, 2.05) is 13.0 Å². The van der Waals surface area contributed by atoms with Gasteiger partial charge in [-0.2, -0.15) is 0 Å². The molecule has 4 heteroatoms. The van der Waals surface area contributed by atoms with E-state index in [1.54, 1.807) is 24.3 Å². The van der Waals surface area contributed by atoms with Crippen molar-refractivity contribution in [1.82, 2.24) is 9.97 Å². The summed E-state index contributed by atoms with van der Waals surface area (Å²) >= 11 is 1.73. The number of aromatic nitrogens is 2. The molecule has 2 atom stereocenters. The molecule has 1 aromatic rings. The van der Waals surface area contributed by atoms with E-state index in [2.05, 4.69) is 30.7 Å². The predicted molar refractivity (Wildman–Crippen MR) is 64.8 cm³/mol. The van der Waals surface area contributed by atoms with Crippen LogP contribution in [0.5, 0.6) is 0 Å². The normalized spacial score (nSPS) is 16.1. The fourth-order valence-electron chi connectivity index (χ4n) is 1.55. The second-order valence-electron chi connectivity index (χ2n) is 4.81. The molecule has 1 heterocycles. The molecule has 2 N–H and O–H groups in total. The summed E-state index contributed by atoms with van der Waals surface area (Å²) in [4.78, 5) is 8.11. The molecule has 3 nitrogen and oxygen atoms in total. The molecular weight excluding hydrogens is 206 g/mol. The largest absolute Gasteiger partial charge is 0.327 e. The van der Waals surface area contributed by atoms with Gasteiger partial charge in [-0.25, -0.2) is 9.97 Å². The predicted octanol–water partition coefficient (Wildman–Crippen LogP) is 2.33. The Morgan fingerprint density at radius 2 is 2.07 bits per heavy atom. The minimum absolute atomic E-state index is 0.143. The molecule has 0 bridgehead atoms. The van der Waals surface area contributed by atoms with Gasteiger partial charge in [0, 0.05) is 17.5 Å². The summed E-state index contributed by atoms with van der Waals surface area (Å²) < 4.78 is 0. The van der Waals surface area contributed by atoms with Crippen LogP contribution in [-0.4, -0.2) is 21.3 Å². The van der Waals surface area contributed by atoms with E-state index >= 15 is 0 Å². The molecule has 0 aromatic carbocycles. The number of nitrogens with zero attached hydrogens (tertiary/aromatic N) is 2. The van der Waals surface area contributed by atoms with Crippen molar-refractivity contribution in [2.75, 3.05) is 0 Å². The fourth-order valence-corrected chi connectivity index (χ4v) is 2.63. The number of hydrogen-bond acceptors (Lipinski definition) is 4. The monoisotopic (exact) mass is 225 g/mol. The quantitative estimate of drug-likeness (QED) is 0.633. The van der Waals surface area contributed by atoms with Gasteiger partial charge in [0.2, 0.25) is 0 Å². The van der Waals surface area contributed by atoms with Crippen molar-refractivity contribution in [2.24, 2.45) is 11.1 Å². The maximum atomic E-state index is 6.01. The summed E-state index contributed by atoms with van der Waals surface area (Å²) in [7, 11) is 0. The van der Waals surface area contributed by atoms with E-state index in [0.29, 0.717) is 5.25 Å². The minimum atomic E-state index is 0.143. The lowest BCUT2D eigenvalue weighted by atomic mass is 9.88. The van der Waals surface area contributed by atoms with Gasteiger partial charge in [0.15, 0.2) is 0 Å². The molecule has 0 radical (unpaired) electrons. The smallest absolute Gasteiger partial charge is 0.116 e. The van der Waals surface area contributed by atoms with Crippen LogP contribution >= 0.6 is 11.8 Å². The first-order valence-corrected chi connectivity index (χ1v) is 5.97. The molecule has 1 aromatic heterocycles. The van der Waals surface area contributed by atoms with Crippen molar-refractivity contribution in [1.29, 1.82) is 0 Å². The molecule has 0 saturated carbocycles. The van der Waals surface area contributed by atoms with E-state index in [1.165, 1.54) is 0 Å². The second kappa shape index (κ2) is 4.94. The molecule has 1 rings (SSSR count). The lowest BCUT2D eigenvalue weighted by Crippen LogP contribution is -2.38. The van der Waals surface area contributed by atoms with Crippen molar-refractivity contribution < 1.29 is 0 Å². The van der Waals surface area contributed by atoms with Gasteiger partial charge in [-0.3, -0.25) is 0 Å². The zero-order valence-electron chi connectivity index (χ0n) is 9.77. The van der Waals surface area contributed by atoms with Crippen LogP contribution in [-0.2, 0) is 0 Å². The SMILES string of the molecule is CC(N)C(Sc1ccncn1)C(C)(C)C. The lowest BCUT2D eigenvalue weighted by molar-refractivity contribution is 0.363. The van der Waals surface area contributed by atoms with Crippen LogP contribution in [0, 0.1) is 5.41 Å². The summed E-state index contributed by atoms with van der Waals surface area (Å²) in [5.74, 6) is 0. The standard InChI is InChI=1S/C11H19N3S/c1-8(12)10(11(2,3)4)15-9-5-6-13-7-14-9/h5-8,10H,12H2,1-4H3. The molecule has 0 amide bonds. The molecule has 0 saturated heterocycles. The van der Waals surface area contributed by atoms with E-state index in [4.69, 9.17) is 5.73 Å². The maximum Gasteiger partial charge on any atom is 0.116 e. The molecule has 0 aliphatic rings. The van der Waals surface area contributed by atoms with E-state index < -0.39 is 0 Å². The average Bonchev–Trinajstić information content (AvgIpc) is 2.13. The Balaban J connectivity index is 2.77. The molecule has 0 spiro atoms. The highest BCUT2D eigenvalue weighted by Crippen LogP contribution is 2.35. The van der Waals surface area contributed by atoms with Crippen LogP contribution in [0.3, 0.4) is 0 Å². The summed E-state index contributed by atoms with van der Waals surface area (Å²) in [5.41, 5.74) is 6.18. The van der Waals surface area contributed by atoms with Crippen LogP contribution in [0.25, 0.3) is 0 Å². The van der Waals surface area contributed by atoms with Crippen molar-refractivity contribution in [2.45, 2.75) is 44.0 Å². The average molecular weight is 225 g/mol. The number of hydrogen-bond donors (Lipinski definition) is 1. The summed E-state index contributed by atoms with van der Waals surface area (Å²) in [5, 5.41) is 1.34. The molecule has 84 valence electrons. The zero-order valence-corrected chi connectivity index (χ0v) is 10.6. The van der Waals surface area contributed by atoms with Crippen molar-refractivity contribution in [3.05, 3.63) is 18.6 Å². The molecule has 0 aliphatic heterocycles. The molecule has 15 heavy (non-hydrogen) atoms. The zero-order chi connectivity index (χ0) is 11.5. The van der Waals surface area contributed by atoms with Crippen LogP contribution < -0.4 is 5.73 Å². The van der Waals surface area contributed by atoms with Gasteiger partial charge >= 0.3 is 0 Å². The first-order valence-electron chi connectivity index (χ1n) is 5.09. The third kappa shape index (κ3) is 3.80. The Morgan fingerprint density at radius 1 is 1.40 bits per heavy atom. The van der Waals surface area contributed by atoms with E-state index in [0.717, 1.165) is 5.03 Å². The first kappa shape index (κ1) is 12.5. The minimum Gasteiger partial charge on any atom is -0.327 e. The van der Waals surface area contributed by atoms with Gasteiger partial charge in [0.25, 0.3) is 0 Å². The fraction of sp³-hybridized carbons (Fsp3) is 0.636. The summed E-state index contributed by atoms with van der Waals surface area (Å²) in [6.45, 7) is 8.66. The summed E-state index contributed by atoms with van der Waals surface area (Å²) in [6, 6.07) is 2.07. The van der Waals surface area contributed by atoms with Gasteiger partial charge < -0.3 is 5.73 Å². The van der Waals surface area contributed by atoms with Gasteiger partial charge in [-0.1, -0.05) is 20.8 Å². The molecule has 0 fully saturated rings. The van der Waals surface area contributed by atoms with Crippen molar-refractivity contribution >= 4 is 11.8 Å². The van der Waals surface area contributed by atoms with Gasteiger partial charge in [0.05, 0.1) is 5.03 Å². The van der Waals surface area contributed by atoms with Crippen molar-refractivity contribution in [3.63, 3.8) is 0 Å². The molecule has 2 unspecified atom stereocenters.